The lowest BCUT2D eigenvalue weighted by Crippen LogP contribution is -2.36. The van der Waals surface area contributed by atoms with E-state index in [2.05, 4.69) is 21.5 Å². The summed E-state index contributed by atoms with van der Waals surface area (Å²) in [4.78, 5) is 16.6. The van der Waals surface area contributed by atoms with Gasteiger partial charge in [0.15, 0.2) is 0 Å². The summed E-state index contributed by atoms with van der Waals surface area (Å²) in [5.74, 6) is 0.914. The van der Waals surface area contributed by atoms with Crippen molar-refractivity contribution in [1.29, 1.82) is 0 Å². The molecule has 3 aromatic rings. The Morgan fingerprint density at radius 2 is 1.90 bits per heavy atom. The van der Waals surface area contributed by atoms with Crippen LogP contribution in [0, 0.1) is 0 Å². The summed E-state index contributed by atoms with van der Waals surface area (Å²) in [6.07, 6.45) is 7.42. The van der Waals surface area contributed by atoms with Gasteiger partial charge >= 0.3 is 0 Å². The molecule has 2 aromatic heterocycles. The number of nitrogens with zero attached hydrogens (tertiary/aromatic N) is 3. The molecule has 1 aliphatic rings. The van der Waals surface area contributed by atoms with Crippen molar-refractivity contribution < 1.29 is 4.74 Å². The van der Waals surface area contributed by atoms with Crippen LogP contribution in [0.5, 0.6) is 5.75 Å². The zero-order chi connectivity index (χ0) is 20.1. The summed E-state index contributed by atoms with van der Waals surface area (Å²) in [5, 5.41) is 8.28. The van der Waals surface area contributed by atoms with E-state index in [1.165, 1.54) is 5.56 Å². The third kappa shape index (κ3) is 4.54. The third-order valence-electron chi connectivity index (χ3n) is 5.60. The van der Waals surface area contributed by atoms with Gasteiger partial charge in [-0.15, -0.1) is 0 Å². The molecule has 2 heterocycles. The Morgan fingerprint density at radius 3 is 2.66 bits per heavy atom. The van der Waals surface area contributed by atoms with E-state index < -0.39 is 0 Å². The highest BCUT2D eigenvalue weighted by Crippen LogP contribution is 2.28. The van der Waals surface area contributed by atoms with E-state index in [9.17, 15) is 4.79 Å². The first kappa shape index (κ1) is 19.3. The van der Waals surface area contributed by atoms with Gasteiger partial charge in [-0.05, 0) is 49.9 Å². The quantitative estimate of drug-likeness (QED) is 0.697. The zero-order valence-electron chi connectivity index (χ0n) is 16.6. The molecule has 4 rings (SSSR count). The molecule has 150 valence electrons. The highest BCUT2D eigenvalue weighted by atomic mass is 16.5. The van der Waals surface area contributed by atoms with Crippen LogP contribution >= 0.6 is 0 Å². The summed E-state index contributed by atoms with van der Waals surface area (Å²) in [6.45, 7) is 0.786. The molecule has 1 fully saturated rings. The first-order chi connectivity index (χ1) is 14.2. The smallest absolute Gasteiger partial charge is 0.267 e. The van der Waals surface area contributed by atoms with Crippen LogP contribution in [0.2, 0.25) is 0 Å². The zero-order valence-corrected chi connectivity index (χ0v) is 16.6. The van der Waals surface area contributed by atoms with Gasteiger partial charge in [0.1, 0.15) is 5.75 Å². The summed E-state index contributed by atoms with van der Waals surface area (Å²) in [7, 11) is 1.70. The molecule has 1 saturated carbocycles. The number of benzene rings is 1. The molecular formula is C23H26N4O2. The van der Waals surface area contributed by atoms with Crippen LogP contribution in [0.4, 0.5) is 0 Å². The van der Waals surface area contributed by atoms with Gasteiger partial charge in [0, 0.05) is 42.2 Å². The Morgan fingerprint density at radius 1 is 1.07 bits per heavy atom. The number of ether oxygens (including phenoxy) is 1. The lowest BCUT2D eigenvalue weighted by atomic mass is 9.91. The highest BCUT2D eigenvalue weighted by molar-refractivity contribution is 5.56. The molecule has 6 nitrogen and oxygen atoms in total. The third-order valence-corrected chi connectivity index (χ3v) is 5.60. The average molecular weight is 390 g/mol. The minimum atomic E-state index is -0.0388. The number of hydrogen-bond donors (Lipinski definition) is 1. The predicted octanol–water partition coefficient (Wildman–Crippen LogP) is 3.59. The van der Waals surface area contributed by atoms with Gasteiger partial charge in [0.05, 0.1) is 18.8 Å². The van der Waals surface area contributed by atoms with Crippen molar-refractivity contribution in [3.8, 4) is 17.0 Å². The van der Waals surface area contributed by atoms with E-state index in [0.29, 0.717) is 6.04 Å². The van der Waals surface area contributed by atoms with Crippen molar-refractivity contribution >= 4 is 0 Å². The maximum atomic E-state index is 12.4. The largest absolute Gasteiger partial charge is 0.496 e. The van der Waals surface area contributed by atoms with Crippen LogP contribution in [0.15, 0.2) is 65.7 Å². The van der Waals surface area contributed by atoms with Gasteiger partial charge in [-0.2, -0.15) is 5.10 Å². The second kappa shape index (κ2) is 9.01. The van der Waals surface area contributed by atoms with Gasteiger partial charge in [0.2, 0.25) is 0 Å². The van der Waals surface area contributed by atoms with Crippen LogP contribution in [0.3, 0.4) is 0 Å². The summed E-state index contributed by atoms with van der Waals surface area (Å²) in [5.41, 5.74) is 2.84. The Labute approximate surface area is 170 Å². The minimum Gasteiger partial charge on any atom is -0.496 e. The maximum Gasteiger partial charge on any atom is 0.267 e. The fourth-order valence-electron chi connectivity index (χ4n) is 3.98. The highest BCUT2D eigenvalue weighted by Gasteiger charge is 2.24. The van der Waals surface area contributed by atoms with Gasteiger partial charge in [-0.3, -0.25) is 9.78 Å². The molecule has 1 N–H and O–H groups in total. The van der Waals surface area contributed by atoms with Crippen molar-refractivity contribution in [1.82, 2.24) is 20.1 Å². The van der Waals surface area contributed by atoms with Crippen LogP contribution < -0.4 is 15.6 Å². The normalized spacial score (nSPS) is 19.1. The topological polar surface area (TPSA) is 69.0 Å². The lowest BCUT2D eigenvalue weighted by Gasteiger charge is -2.30. The second-order valence-electron chi connectivity index (χ2n) is 7.44. The molecule has 1 aromatic carbocycles. The average Bonchev–Trinajstić information content (AvgIpc) is 2.79. The van der Waals surface area contributed by atoms with Crippen LogP contribution in [-0.2, 0) is 6.54 Å². The Balaban J connectivity index is 1.39. The molecule has 0 amide bonds. The molecular weight excluding hydrogens is 364 g/mol. The molecule has 0 bridgehead atoms. The van der Waals surface area contributed by atoms with E-state index in [-0.39, 0.29) is 11.6 Å². The molecule has 0 spiro atoms. The summed E-state index contributed by atoms with van der Waals surface area (Å²) >= 11 is 0. The maximum absolute atomic E-state index is 12.4. The molecule has 0 saturated heterocycles. The molecule has 6 heteroatoms. The Kier molecular flexibility index (Phi) is 6.00. The SMILES string of the molecule is COc1ccccc1CNC1CCC(n2nc(-c3cccnc3)ccc2=O)CC1. The molecule has 29 heavy (non-hydrogen) atoms. The number of pyridine rings is 1. The fraction of sp³-hybridized carbons (Fsp3) is 0.348. The first-order valence-corrected chi connectivity index (χ1v) is 10.1. The van der Waals surface area contributed by atoms with Gasteiger partial charge < -0.3 is 10.1 Å². The van der Waals surface area contributed by atoms with E-state index in [1.54, 1.807) is 36.3 Å². The molecule has 0 unspecified atom stereocenters. The molecule has 0 aliphatic heterocycles. The summed E-state index contributed by atoms with van der Waals surface area (Å²) < 4.78 is 7.10. The number of nitrogens with one attached hydrogen (secondary N) is 1. The minimum absolute atomic E-state index is 0.0388. The monoisotopic (exact) mass is 390 g/mol. The number of para-hydroxylation sites is 1. The summed E-state index contributed by atoms with van der Waals surface area (Å²) in [6, 6.07) is 15.9. The van der Waals surface area contributed by atoms with Crippen LogP contribution in [0.25, 0.3) is 11.3 Å². The van der Waals surface area contributed by atoms with Crippen LogP contribution in [0.1, 0.15) is 37.3 Å². The Bertz CT molecular complexity index is 995. The number of methoxy groups -OCH3 is 1. The molecule has 1 aliphatic carbocycles. The number of rotatable bonds is 6. The fourth-order valence-corrected chi connectivity index (χ4v) is 3.98. The molecule has 0 radical (unpaired) electrons. The van der Waals surface area contributed by atoms with Gasteiger partial charge in [-0.1, -0.05) is 18.2 Å². The van der Waals surface area contributed by atoms with Crippen molar-refractivity contribution in [3.63, 3.8) is 0 Å². The lowest BCUT2D eigenvalue weighted by molar-refractivity contribution is 0.268. The number of hydrogen-bond acceptors (Lipinski definition) is 5. The van der Waals surface area contributed by atoms with Crippen molar-refractivity contribution in [3.05, 3.63) is 76.8 Å². The molecule has 0 atom stereocenters. The second-order valence-corrected chi connectivity index (χ2v) is 7.44. The van der Waals surface area contributed by atoms with Crippen molar-refractivity contribution in [2.24, 2.45) is 0 Å². The van der Waals surface area contributed by atoms with Gasteiger partial charge in [-0.25, -0.2) is 4.68 Å². The standard InChI is InChI=1S/C23H26N4O2/c1-29-22-7-3-2-5-18(22)16-25-19-8-10-20(11-9-19)27-23(28)13-12-21(26-27)17-6-4-14-24-15-17/h2-7,12-15,19-20,25H,8-11,16H2,1H3. The van der Waals surface area contributed by atoms with E-state index >= 15 is 0 Å². The van der Waals surface area contributed by atoms with Crippen molar-refractivity contribution in [2.45, 2.75) is 44.3 Å². The van der Waals surface area contributed by atoms with E-state index in [1.807, 2.05) is 30.3 Å². The van der Waals surface area contributed by atoms with Gasteiger partial charge in [0.25, 0.3) is 5.56 Å². The van der Waals surface area contributed by atoms with Crippen LogP contribution in [-0.4, -0.2) is 27.9 Å². The van der Waals surface area contributed by atoms with E-state index in [4.69, 9.17) is 4.74 Å². The number of aromatic nitrogens is 3. The Hall–Kier alpha value is -2.99. The van der Waals surface area contributed by atoms with E-state index in [0.717, 1.165) is 49.2 Å². The first-order valence-electron chi connectivity index (χ1n) is 10.1. The van der Waals surface area contributed by atoms with Crippen molar-refractivity contribution in [2.75, 3.05) is 7.11 Å². The predicted molar refractivity (Wildman–Crippen MR) is 113 cm³/mol.